The van der Waals surface area contributed by atoms with E-state index in [2.05, 4.69) is 69.5 Å². The summed E-state index contributed by atoms with van der Waals surface area (Å²) in [5.41, 5.74) is 14.4. The fourth-order valence-electron chi connectivity index (χ4n) is 12.6. The summed E-state index contributed by atoms with van der Waals surface area (Å²) in [6.45, 7) is 10.1. The number of hydrogen-bond acceptors (Lipinski definition) is 6. The van der Waals surface area contributed by atoms with Crippen LogP contribution in [0.5, 0.6) is 0 Å². The van der Waals surface area contributed by atoms with Crippen LogP contribution in [0.4, 0.5) is 4.79 Å². The molecular weight excluding hydrogens is 837 g/mol. The molecule has 4 heterocycles. The Labute approximate surface area is 394 Å². The summed E-state index contributed by atoms with van der Waals surface area (Å²) in [7, 11) is 0. The molecule has 2 atom stereocenters. The number of hydrogen-bond donors (Lipinski definition) is 5. The molecule has 12 rings (SSSR count). The maximum atomic E-state index is 12.2. The first kappa shape index (κ1) is 45.4. The van der Waals surface area contributed by atoms with E-state index in [-0.39, 0.29) is 29.1 Å². The van der Waals surface area contributed by atoms with E-state index >= 15 is 0 Å². The summed E-state index contributed by atoms with van der Waals surface area (Å²) < 4.78 is 5.45. The minimum Gasteiger partial charge on any atom is -0.478 e. The molecule has 2 unspecified atom stereocenters. The molecule has 1 amide bonds. The van der Waals surface area contributed by atoms with Crippen molar-refractivity contribution in [2.45, 2.75) is 146 Å². The van der Waals surface area contributed by atoms with Crippen molar-refractivity contribution in [2.75, 3.05) is 26.2 Å². The molecular formula is C57H68N4O6. The fraction of sp³-hybridized carbons (Fsp3) is 0.474. The lowest BCUT2D eigenvalue weighted by Gasteiger charge is -2.42. The number of likely N-dealkylation sites (tertiary alicyclic amines) is 2. The van der Waals surface area contributed by atoms with Crippen LogP contribution in [-0.2, 0) is 60.6 Å². The van der Waals surface area contributed by atoms with Crippen molar-refractivity contribution < 1.29 is 29.6 Å². The first-order valence-corrected chi connectivity index (χ1v) is 25.0. The zero-order chi connectivity index (χ0) is 46.5. The van der Waals surface area contributed by atoms with Gasteiger partial charge in [-0.15, -0.1) is 0 Å². The average Bonchev–Trinajstić information content (AvgIpc) is 4.04. The van der Waals surface area contributed by atoms with E-state index in [1.54, 1.807) is 22.6 Å². The molecule has 2 saturated heterocycles. The smallest absolute Gasteiger partial charge is 0.410 e. The number of nitrogens with zero attached hydrogens (tertiary/aromatic N) is 2. The van der Waals surface area contributed by atoms with Gasteiger partial charge in [-0.05, 0) is 193 Å². The predicted octanol–water partition coefficient (Wildman–Crippen LogP) is 10.1. The van der Waals surface area contributed by atoms with Gasteiger partial charge in [-0.1, -0.05) is 54.6 Å². The third-order valence-electron chi connectivity index (χ3n) is 16.2. The van der Waals surface area contributed by atoms with Gasteiger partial charge < -0.3 is 34.9 Å². The summed E-state index contributed by atoms with van der Waals surface area (Å²) in [5, 5.41) is 33.0. The number of aromatic nitrogens is 2. The van der Waals surface area contributed by atoms with Gasteiger partial charge in [0, 0.05) is 63.7 Å². The molecule has 2 aromatic heterocycles. The zero-order valence-corrected chi connectivity index (χ0v) is 39.6. The normalized spacial score (nSPS) is 21.4. The van der Waals surface area contributed by atoms with Crippen LogP contribution in [-0.4, -0.2) is 91.1 Å². The number of carbonyl (C=O) groups excluding carboxylic acids is 1. The van der Waals surface area contributed by atoms with Crippen molar-refractivity contribution in [3.05, 3.63) is 141 Å². The van der Waals surface area contributed by atoms with Gasteiger partial charge in [0.1, 0.15) is 5.60 Å². The highest BCUT2D eigenvalue weighted by Gasteiger charge is 2.49. The number of carbonyl (C=O) groups is 2. The average molecular weight is 905 g/mol. The fourth-order valence-corrected chi connectivity index (χ4v) is 12.6. The maximum Gasteiger partial charge on any atom is 0.410 e. The summed E-state index contributed by atoms with van der Waals surface area (Å²) in [5.74, 6) is -0.854. The van der Waals surface area contributed by atoms with E-state index in [9.17, 15) is 19.8 Å². The topological polar surface area (TPSA) is 142 Å². The summed E-state index contributed by atoms with van der Waals surface area (Å²) in [4.78, 5) is 34.5. The molecule has 2 aliphatic heterocycles. The van der Waals surface area contributed by atoms with Gasteiger partial charge in [-0.3, -0.25) is 4.90 Å². The predicted molar refractivity (Wildman–Crippen MR) is 264 cm³/mol. The second kappa shape index (κ2) is 18.2. The number of H-pyrrole nitrogens is 2. The largest absolute Gasteiger partial charge is 0.478 e. The number of aliphatic hydroxyl groups excluding tert-OH is 2. The zero-order valence-electron chi connectivity index (χ0n) is 39.6. The molecule has 2 spiro atoms. The molecule has 352 valence electrons. The Morgan fingerprint density at radius 2 is 1.15 bits per heavy atom. The first-order chi connectivity index (χ1) is 32.3. The van der Waals surface area contributed by atoms with Crippen LogP contribution in [0.15, 0.2) is 84.9 Å². The van der Waals surface area contributed by atoms with Gasteiger partial charge in [0.25, 0.3) is 0 Å². The lowest BCUT2D eigenvalue weighted by atomic mass is 9.72. The lowest BCUT2D eigenvalue weighted by Crippen LogP contribution is -2.50. The van der Waals surface area contributed by atoms with Crippen LogP contribution in [0, 0.1) is 0 Å². The van der Waals surface area contributed by atoms with Crippen LogP contribution in [0.1, 0.15) is 133 Å². The van der Waals surface area contributed by atoms with E-state index in [0.717, 1.165) is 81.9 Å². The Kier molecular flexibility index (Phi) is 12.4. The van der Waals surface area contributed by atoms with Crippen LogP contribution >= 0.6 is 0 Å². The van der Waals surface area contributed by atoms with Crippen molar-refractivity contribution in [1.82, 2.24) is 19.8 Å². The van der Waals surface area contributed by atoms with E-state index in [1.807, 2.05) is 39.0 Å². The highest BCUT2D eigenvalue weighted by molar-refractivity contribution is 5.95. The number of piperidine rings is 2. The standard InChI is InChI=1S/C26H30N2O.C18H25NO3.C13H13NO2/c29-25-16-19-5-1-3-7-22(19)26(25)11-13-28(14-12-26)17-18-9-10-24-21(15-18)20-6-2-4-8-23(20)27-24;1-17(2,3)22-16(21)19-10-8-18(9-11-19)14-7-5-4-6-13(14)12-15(18)20;15-13(16)8-5-6-12-10(7-8)9-3-1-2-4-11(9)14-12/h1,3,5,7,9-10,15,25,27,29H,2,4,6,8,11-14,16-17H2;4-7,15,20H,8-12H2,1-3H3;5-7,14H,1-4H2,(H,15,16). The summed E-state index contributed by atoms with van der Waals surface area (Å²) in [6.07, 6.45) is 14.1. The number of amides is 1. The number of carboxylic acid groups (broad SMARTS) is 1. The Bertz CT molecular complexity index is 2780. The number of rotatable bonds is 3. The summed E-state index contributed by atoms with van der Waals surface area (Å²) in [6, 6.07) is 29.3. The lowest BCUT2D eigenvalue weighted by molar-refractivity contribution is 0.00278. The minimum absolute atomic E-state index is 0.0171. The van der Waals surface area contributed by atoms with Crippen LogP contribution in [0.2, 0.25) is 0 Å². The molecule has 5 N–H and O–H groups in total. The number of carboxylic acids is 1. The van der Waals surface area contributed by atoms with Crippen LogP contribution < -0.4 is 0 Å². The van der Waals surface area contributed by atoms with Crippen molar-refractivity contribution >= 4 is 33.9 Å². The molecule has 67 heavy (non-hydrogen) atoms. The summed E-state index contributed by atoms with van der Waals surface area (Å²) >= 11 is 0. The molecule has 4 aromatic carbocycles. The molecule has 6 aromatic rings. The van der Waals surface area contributed by atoms with E-state index in [1.165, 1.54) is 94.2 Å². The van der Waals surface area contributed by atoms with Crippen molar-refractivity contribution in [3.8, 4) is 0 Å². The maximum absolute atomic E-state index is 12.2. The van der Waals surface area contributed by atoms with Crippen LogP contribution in [0.3, 0.4) is 0 Å². The Balaban J connectivity index is 0.000000123. The van der Waals surface area contributed by atoms with Gasteiger partial charge in [0.05, 0.1) is 17.8 Å². The van der Waals surface area contributed by atoms with Gasteiger partial charge in [-0.2, -0.15) is 0 Å². The molecule has 10 nitrogen and oxygen atoms in total. The molecule has 6 aliphatic rings. The van der Waals surface area contributed by atoms with E-state index < -0.39 is 11.6 Å². The number of ether oxygens (including phenoxy) is 1. The molecule has 0 saturated carbocycles. The molecule has 2 fully saturated rings. The van der Waals surface area contributed by atoms with Gasteiger partial charge in [-0.25, -0.2) is 9.59 Å². The third kappa shape index (κ3) is 8.81. The van der Waals surface area contributed by atoms with Gasteiger partial charge in [0.15, 0.2) is 0 Å². The van der Waals surface area contributed by atoms with Gasteiger partial charge in [0.2, 0.25) is 0 Å². The number of nitrogens with one attached hydrogen (secondary N) is 2. The highest BCUT2D eigenvalue weighted by Crippen LogP contribution is 2.48. The monoisotopic (exact) mass is 905 g/mol. The van der Waals surface area contributed by atoms with E-state index in [4.69, 9.17) is 9.84 Å². The number of aryl methyl sites for hydroxylation is 4. The van der Waals surface area contributed by atoms with Gasteiger partial charge >= 0.3 is 12.1 Å². The molecule has 4 aliphatic carbocycles. The van der Waals surface area contributed by atoms with E-state index in [0.29, 0.717) is 18.7 Å². The number of aliphatic hydroxyl groups is 2. The number of aromatic amines is 2. The Morgan fingerprint density at radius 3 is 1.69 bits per heavy atom. The van der Waals surface area contributed by atoms with Crippen molar-refractivity contribution in [2.24, 2.45) is 0 Å². The molecule has 0 radical (unpaired) electrons. The second-order valence-corrected chi connectivity index (χ2v) is 21.3. The number of aromatic carboxylic acids is 1. The van der Waals surface area contributed by atoms with Crippen LogP contribution in [0.25, 0.3) is 21.8 Å². The van der Waals surface area contributed by atoms with Crippen molar-refractivity contribution in [1.29, 1.82) is 0 Å². The SMILES string of the molecule is CC(C)(C)OC(=O)N1CCC2(CC1)c1ccccc1CC2O.O=C(O)c1ccc2[nH]c3c(c2c1)CCCC3.OC1Cc2ccccc2C12CCN(Cc1ccc3[nH]c4c(c3c1)CCCC4)CC2. The highest BCUT2D eigenvalue weighted by atomic mass is 16.6. The quantitative estimate of drug-likeness (QED) is 0.119. The third-order valence-corrected chi connectivity index (χ3v) is 16.2. The van der Waals surface area contributed by atoms with Crippen molar-refractivity contribution in [3.63, 3.8) is 0 Å². The Morgan fingerprint density at radius 1 is 0.657 bits per heavy atom. The number of fused-ring (bicyclic) bond motifs is 10. The number of benzene rings is 4. The molecule has 10 heteroatoms. The Hall–Kier alpha value is -5.42. The minimum atomic E-state index is -0.854. The molecule has 0 bridgehead atoms. The first-order valence-electron chi connectivity index (χ1n) is 25.0. The second-order valence-electron chi connectivity index (χ2n) is 21.3.